The molecule has 1 N–H and O–H groups in total. The molecule has 0 aromatic rings. The van der Waals surface area contributed by atoms with E-state index in [-0.39, 0.29) is 5.41 Å². The van der Waals surface area contributed by atoms with Crippen molar-refractivity contribution in [3.05, 3.63) is 0 Å². The molecule has 4 fully saturated rings. The third kappa shape index (κ3) is 1.92. The number of hydrogen-bond donors (Lipinski definition) is 1. The van der Waals surface area contributed by atoms with Gasteiger partial charge in [-0.25, -0.2) is 0 Å². The monoisotopic (exact) mass is 304 g/mol. The number of ketones is 1. The van der Waals surface area contributed by atoms with E-state index in [1.165, 1.54) is 32.1 Å². The van der Waals surface area contributed by atoms with Crippen LogP contribution in [0.2, 0.25) is 0 Å². The first-order valence-electron chi connectivity index (χ1n) is 9.58. The fourth-order valence-electron chi connectivity index (χ4n) is 7.10. The van der Waals surface area contributed by atoms with E-state index in [1.54, 1.807) is 0 Å². The summed E-state index contributed by atoms with van der Waals surface area (Å²) in [4.78, 5) is 12.1. The van der Waals surface area contributed by atoms with Crippen molar-refractivity contribution in [3.8, 4) is 0 Å². The van der Waals surface area contributed by atoms with Gasteiger partial charge in [-0.05, 0) is 86.9 Å². The highest BCUT2D eigenvalue weighted by Crippen LogP contribution is 2.65. The van der Waals surface area contributed by atoms with Crippen molar-refractivity contribution in [2.45, 2.75) is 77.7 Å². The van der Waals surface area contributed by atoms with Crippen LogP contribution in [0.3, 0.4) is 0 Å². The molecular weight excluding hydrogens is 272 g/mol. The highest BCUT2D eigenvalue weighted by molar-refractivity contribution is 5.81. The molecule has 4 saturated carbocycles. The van der Waals surface area contributed by atoms with Crippen LogP contribution >= 0.6 is 0 Å². The number of fused-ring (bicyclic) bond motifs is 5. The van der Waals surface area contributed by atoms with Gasteiger partial charge in [0.1, 0.15) is 5.78 Å². The Morgan fingerprint density at radius 1 is 1.00 bits per heavy atom. The van der Waals surface area contributed by atoms with Crippen molar-refractivity contribution in [1.82, 2.24) is 0 Å². The molecule has 8 atom stereocenters. The molecule has 124 valence electrons. The maximum atomic E-state index is 12.1. The van der Waals surface area contributed by atoms with E-state index in [9.17, 15) is 9.90 Å². The molecule has 0 amide bonds. The first-order valence-corrected chi connectivity index (χ1v) is 9.58. The highest BCUT2D eigenvalue weighted by Gasteiger charge is 2.61. The Labute approximate surface area is 135 Å². The summed E-state index contributed by atoms with van der Waals surface area (Å²) in [5.74, 6) is 4.65. The van der Waals surface area contributed by atoms with Crippen molar-refractivity contribution in [2.75, 3.05) is 0 Å². The standard InChI is InChI=1S/C20H32O2/c1-12-10-16-13(11-18(12)21)4-5-15-14(16)6-8-19(2)17(15)7-9-20(19,3)22/h12-17,22H,4-11H2,1-3H3/t12-,13-,14-,15+,16-,17-,19-,20-/m0/s1. The zero-order valence-corrected chi connectivity index (χ0v) is 14.5. The summed E-state index contributed by atoms with van der Waals surface area (Å²) in [5, 5.41) is 10.9. The van der Waals surface area contributed by atoms with E-state index in [1.807, 2.05) is 0 Å². The van der Waals surface area contributed by atoms with Gasteiger partial charge in [-0.3, -0.25) is 4.79 Å². The maximum Gasteiger partial charge on any atom is 0.135 e. The molecular formula is C20H32O2. The first kappa shape index (κ1) is 15.2. The zero-order valence-electron chi connectivity index (χ0n) is 14.5. The SMILES string of the molecule is C[C@H]1C[C@H]2[C@@H](CC[C@@H]3[C@@H]2CC[C@@]2(C)[C@H]3CC[C@]2(C)O)CC1=O. The lowest BCUT2D eigenvalue weighted by Gasteiger charge is -2.57. The van der Waals surface area contributed by atoms with Crippen molar-refractivity contribution in [2.24, 2.45) is 40.9 Å². The zero-order chi connectivity index (χ0) is 15.7. The highest BCUT2D eigenvalue weighted by atomic mass is 16.3. The van der Waals surface area contributed by atoms with Crippen molar-refractivity contribution in [1.29, 1.82) is 0 Å². The summed E-state index contributed by atoms with van der Waals surface area (Å²) in [5.41, 5.74) is -0.327. The molecule has 0 bridgehead atoms. The van der Waals surface area contributed by atoms with Gasteiger partial charge in [0.15, 0.2) is 0 Å². The summed E-state index contributed by atoms with van der Waals surface area (Å²) in [6.45, 7) is 6.59. The smallest absolute Gasteiger partial charge is 0.135 e. The van der Waals surface area contributed by atoms with E-state index in [2.05, 4.69) is 20.8 Å². The molecule has 0 spiro atoms. The van der Waals surface area contributed by atoms with Crippen LogP contribution in [-0.2, 0) is 4.79 Å². The van der Waals surface area contributed by atoms with Gasteiger partial charge >= 0.3 is 0 Å². The lowest BCUT2D eigenvalue weighted by Crippen LogP contribution is -2.53. The van der Waals surface area contributed by atoms with Gasteiger partial charge in [0.25, 0.3) is 0 Å². The Morgan fingerprint density at radius 3 is 2.55 bits per heavy atom. The maximum absolute atomic E-state index is 12.1. The molecule has 2 heteroatoms. The van der Waals surface area contributed by atoms with Crippen molar-refractivity contribution in [3.63, 3.8) is 0 Å². The normalized spacial score (nSPS) is 57.9. The predicted octanol–water partition coefficient (Wildman–Crippen LogP) is 4.21. The van der Waals surface area contributed by atoms with Crippen LogP contribution in [0.5, 0.6) is 0 Å². The number of hydrogen-bond acceptors (Lipinski definition) is 2. The number of Topliss-reactive ketones (excluding diaryl/α,β-unsaturated/α-hetero) is 1. The van der Waals surface area contributed by atoms with Crippen LogP contribution in [0.4, 0.5) is 0 Å². The molecule has 0 radical (unpaired) electrons. The van der Waals surface area contributed by atoms with Crippen LogP contribution in [0.1, 0.15) is 72.1 Å². The lowest BCUT2D eigenvalue weighted by atomic mass is 9.49. The van der Waals surface area contributed by atoms with Crippen LogP contribution in [0, 0.1) is 40.9 Å². The summed E-state index contributed by atoms with van der Waals surface area (Å²) < 4.78 is 0. The topological polar surface area (TPSA) is 37.3 Å². The fourth-order valence-corrected chi connectivity index (χ4v) is 7.10. The fraction of sp³-hybridized carbons (Fsp3) is 0.950. The molecule has 22 heavy (non-hydrogen) atoms. The number of rotatable bonds is 0. The van der Waals surface area contributed by atoms with Gasteiger partial charge in [0, 0.05) is 12.3 Å². The van der Waals surface area contributed by atoms with Crippen molar-refractivity contribution >= 4 is 5.78 Å². The minimum atomic E-state index is -0.463. The molecule has 2 nitrogen and oxygen atoms in total. The molecule has 0 aromatic heterocycles. The van der Waals surface area contributed by atoms with E-state index in [0.717, 1.165) is 42.9 Å². The Hall–Kier alpha value is -0.370. The molecule has 4 aliphatic rings. The quantitative estimate of drug-likeness (QED) is 0.728. The molecule has 4 aliphatic carbocycles. The van der Waals surface area contributed by atoms with E-state index in [0.29, 0.717) is 17.6 Å². The molecule has 4 rings (SSSR count). The summed E-state index contributed by atoms with van der Waals surface area (Å²) in [6.07, 6.45) is 9.26. The van der Waals surface area contributed by atoms with Gasteiger partial charge in [0.05, 0.1) is 5.60 Å². The third-order valence-corrected chi connectivity index (χ3v) is 8.72. The average molecular weight is 304 g/mol. The summed E-state index contributed by atoms with van der Waals surface area (Å²) in [7, 11) is 0. The van der Waals surface area contributed by atoms with Gasteiger partial charge in [-0.1, -0.05) is 13.8 Å². The Morgan fingerprint density at radius 2 is 1.77 bits per heavy atom. The second-order valence-electron chi connectivity index (χ2n) is 9.51. The number of carbonyl (C=O) groups is 1. The van der Waals surface area contributed by atoms with E-state index >= 15 is 0 Å². The lowest BCUT2D eigenvalue weighted by molar-refractivity contribution is -0.139. The average Bonchev–Trinajstić information content (AvgIpc) is 2.71. The predicted molar refractivity (Wildman–Crippen MR) is 87.3 cm³/mol. The number of aliphatic hydroxyl groups is 1. The van der Waals surface area contributed by atoms with Gasteiger partial charge < -0.3 is 5.11 Å². The summed E-state index contributed by atoms with van der Waals surface area (Å²) in [6, 6.07) is 0. The van der Waals surface area contributed by atoms with Gasteiger partial charge in [0.2, 0.25) is 0 Å². The molecule has 0 aliphatic heterocycles. The molecule has 0 aromatic carbocycles. The minimum absolute atomic E-state index is 0.136. The Balaban J connectivity index is 1.60. The summed E-state index contributed by atoms with van der Waals surface area (Å²) >= 11 is 0. The Bertz CT molecular complexity index is 482. The Kier molecular flexibility index (Phi) is 3.32. The third-order valence-electron chi connectivity index (χ3n) is 8.72. The second kappa shape index (κ2) is 4.82. The molecule has 0 unspecified atom stereocenters. The second-order valence-corrected chi connectivity index (χ2v) is 9.51. The largest absolute Gasteiger partial charge is 0.390 e. The van der Waals surface area contributed by atoms with Crippen LogP contribution in [-0.4, -0.2) is 16.5 Å². The van der Waals surface area contributed by atoms with Gasteiger partial charge in [-0.2, -0.15) is 0 Å². The van der Waals surface area contributed by atoms with Crippen molar-refractivity contribution < 1.29 is 9.90 Å². The molecule has 0 saturated heterocycles. The first-order chi connectivity index (χ1) is 10.3. The van der Waals surface area contributed by atoms with Crippen LogP contribution < -0.4 is 0 Å². The van der Waals surface area contributed by atoms with E-state index in [4.69, 9.17) is 0 Å². The molecule has 0 heterocycles. The van der Waals surface area contributed by atoms with Crippen LogP contribution in [0.25, 0.3) is 0 Å². The number of carbonyl (C=O) groups excluding carboxylic acids is 1. The van der Waals surface area contributed by atoms with E-state index < -0.39 is 5.60 Å². The minimum Gasteiger partial charge on any atom is -0.390 e. The van der Waals surface area contributed by atoms with Crippen LogP contribution in [0.15, 0.2) is 0 Å². The van der Waals surface area contributed by atoms with Gasteiger partial charge in [-0.15, -0.1) is 0 Å².